The van der Waals surface area contributed by atoms with E-state index in [0.717, 1.165) is 12.7 Å². The normalized spacial score (nSPS) is 13.5. The quantitative estimate of drug-likeness (QED) is 0.0663. The third kappa shape index (κ3) is 11.2. The standard InChI is InChI=1S/C35H33ClF4N8O6/c1-53-30(52)26(18-42-29(51)28(50)41-16-13-20-3-2-4-24(37)17-20)44-27(49)21-5-11-25(12-6-21)43-31-45-32(47-33(46-31)54-19-35(38,39)40)48-34(14-15-34)22-7-9-23(36)10-8-22/h2-12,17,26H,13-16,18-19H2,1H3,(H,41,50)(H,42,51)(H,44,49)(H2,43,45,46,47,48)/t26-/m0/s1. The number of ether oxygens (including phenoxy) is 2. The fraction of sp³-hybridized carbons (Fsp3) is 0.286. The third-order valence-electron chi connectivity index (χ3n) is 7.93. The van der Waals surface area contributed by atoms with Gasteiger partial charge in [-0.25, -0.2) is 9.18 Å². The van der Waals surface area contributed by atoms with Crippen LogP contribution in [-0.4, -0.2) is 77.7 Å². The number of esters is 1. The predicted molar refractivity (Wildman–Crippen MR) is 186 cm³/mol. The number of benzene rings is 3. The van der Waals surface area contributed by atoms with Crippen LogP contribution in [0.3, 0.4) is 0 Å². The van der Waals surface area contributed by atoms with E-state index < -0.39 is 66.4 Å². The van der Waals surface area contributed by atoms with Gasteiger partial charge in [0.2, 0.25) is 11.9 Å². The molecule has 0 saturated heterocycles. The van der Waals surface area contributed by atoms with Crippen molar-refractivity contribution in [2.45, 2.75) is 37.0 Å². The molecule has 1 saturated carbocycles. The number of nitrogens with zero attached hydrogens (tertiary/aromatic N) is 3. The van der Waals surface area contributed by atoms with Crippen molar-refractivity contribution in [1.29, 1.82) is 0 Å². The first-order chi connectivity index (χ1) is 25.7. The Bertz CT molecular complexity index is 1980. The molecular formula is C35H33ClF4N8O6. The second-order valence-electron chi connectivity index (χ2n) is 12.0. The number of aromatic nitrogens is 3. The molecule has 4 aromatic rings. The van der Waals surface area contributed by atoms with Gasteiger partial charge in [0.1, 0.15) is 11.9 Å². The minimum absolute atomic E-state index is 0.0427. The van der Waals surface area contributed by atoms with E-state index in [2.05, 4.69) is 41.5 Å². The van der Waals surface area contributed by atoms with E-state index in [9.17, 15) is 36.7 Å². The summed E-state index contributed by atoms with van der Waals surface area (Å²) in [5.41, 5.74) is 1.32. The highest BCUT2D eigenvalue weighted by molar-refractivity contribution is 6.35. The predicted octanol–water partition coefficient (Wildman–Crippen LogP) is 4.20. The Hall–Kier alpha value is -6.04. The zero-order chi connectivity index (χ0) is 38.9. The van der Waals surface area contributed by atoms with Crippen LogP contribution in [0.4, 0.5) is 35.1 Å². The second-order valence-corrected chi connectivity index (χ2v) is 12.4. The molecule has 3 aromatic carbocycles. The van der Waals surface area contributed by atoms with Crippen molar-refractivity contribution < 1.29 is 46.2 Å². The van der Waals surface area contributed by atoms with E-state index >= 15 is 0 Å². The molecule has 1 heterocycles. The first-order valence-corrected chi connectivity index (χ1v) is 16.7. The van der Waals surface area contributed by atoms with E-state index in [4.69, 9.17) is 21.1 Å². The van der Waals surface area contributed by atoms with Crippen LogP contribution in [0.5, 0.6) is 6.01 Å². The highest BCUT2D eigenvalue weighted by Gasteiger charge is 2.45. The average molecular weight is 773 g/mol. The van der Waals surface area contributed by atoms with E-state index in [1.54, 1.807) is 18.2 Å². The molecule has 284 valence electrons. The fourth-order valence-electron chi connectivity index (χ4n) is 5.05. The van der Waals surface area contributed by atoms with E-state index in [1.165, 1.54) is 42.5 Å². The van der Waals surface area contributed by atoms with Gasteiger partial charge in [-0.3, -0.25) is 14.4 Å². The van der Waals surface area contributed by atoms with Gasteiger partial charge in [-0.2, -0.15) is 28.1 Å². The molecule has 0 bridgehead atoms. The lowest BCUT2D eigenvalue weighted by Crippen LogP contribution is -2.51. The van der Waals surface area contributed by atoms with Crippen molar-refractivity contribution in [3.05, 3.63) is 100 Å². The largest absolute Gasteiger partial charge is 0.467 e. The van der Waals surface area contributed by atoms with Crippen LogP contribution in [0.2, 0.25) is 5.02 Å². The summed E-state index contributed by atoms with van der Waals surface area (Å²) >= 11 is 6.02. The van der Waals surface area contributed by atoms with E-state index in [-0.39, 0.29) is 30.4 Å². The monoisotopic (exact) mass is 772 g/mol. The minimum Gasteiger partial charge on any atom is -0.467 e. The number of anilines is 3. The van der Waals surface area contributed by atoms with Crippen LogP contribution in [-0.2, 0) is 31.1 Å². The number of carbonyl (C=O) groups excluding carboxylic acids is 4. The van der Waals surface area contributed by atoms with Crippen LogP contribution in [0.15, 0.2) is 72.8 Å². The lowest BCUT2D eigenvalue weighted by atomic mass is 10.1. The van der Waals surface area contributed by atoms with Crippen molar-refractivity contribution in [1.82, 2.24) is 30.9 Å². The van der Waals surface area contributed by atoms with Crippen molar-refractivity contribution in [2.75, 3.05) is 37.4 Å². The summed E-state index contributed by atoms with van der Waals surface area (Å²) < 4.78 is 61.7. The van der Waals surface area contributed by atoms with Gasteiger partial charge in [0.15, 0.2) is 6.61 Å². The zero-order valence-electron chi connectivity index (χ0n) is 28.4. The highest BCUT2D eigenvalue weighted by atomic mass is 35.5. The number of amides is 3. The second kappa shape index (κ2) is 17.2. The third-order valence-corrected chi connectivity index (χ3v) is 8.19. The Morgan fingerprint density at radius 1 is 0.907 bits per heavy atom. The van der Waals surface area contributed by atoms with Crippen LogP contribution in [0.25, 0.3) is 0 Å². The number of alkyl halides is 3. The summed E-state index contributed by atoms with van der Waals surface area (Å²) in [6, 6.07) is 16.5. The number of carbonyl (C=O) groups is 4. The zero-order valence-corrected chi connectivity index (χ0v) is 29.2. The van der Waals surface area contributed by atoms with Gasteiger partial charge in [-0.1, -0.05) is 35.9 Å². The van der Waals surface area contributed by atoms with Gasteiger partial charge >= 0.3 is 30.0 Å². The molecule has 5 N–H and O–H groups in total. The number of hydrogen-bond donors (Lipinski definition) is 5. The average Bonchev–Trinajstić information content (AvgIpc) is 3.92. The molecule has 19 heteroatoms. The molecule has 0 spiro atoms. The van der Waals surface area contributed by atoms with Gasteiger partial charge in [-0.15, -0.1) is 0 Å². The van der Waals surface area contributed by atoms with Gasteiger partial charge in [0.25, 0.3) is 5.91 Å². The Balaban J connectivity index is 1.20. The van der Waals surface area contributed by atoms with Gasteiger partial charge in [0, 0.05) is 29.4 Å². The van der Waals surface area contributed by atoms with Gasteiger partial charge < -0.3 is 36.1 Å². The molecule has 1 atom stereocenters. The smallest absolute Gasteiger partial charge is 0.422 e. The lowest BCUT2D eigenvalue weighted by Gasteiger charge is -2.19. The SMILES string of the molecule is COC(=O)[C@H](CNC(=O)C(=O)NCCc1cccc(F)c1)NC(=O)c1ccc(Nc2nc(NC3(c4ccc(Cl)cc4)CC3)nc(OCC(F)(F)F)n2)cc1. The number of rotatable bonds is 15. The Morgan fingerprint density at radius 3 is 2.24 bits per heavy atom. The van der Waals surface area contributed by atoms with Crippen molar-refractivity contribution in [3.8, 4) is 6.01 Å². The molecule has 54 heavy (non-hydrogen) atoms. The molecular weight excluding hydrogens is 740 g/mol. The fourth-order valence-corrected chi connectivity index (χ4v) is 5.18. The lowest BCUT2D eigenvalue weighted by molar-refractivity contribution is -0.154. The van der Waals surface area contributed by atoms with E-state index in [0.29, 0.717) is 29.1 Å². The Morgan fingerprint density at radius 2 is 1.59 bits per heavy atom. The summed E-state index contributed by atoms with van der Waals surface area (Å²) in [6.07, 6.45) is -2.99. The summed E-state index contributed by atoms with van der Waals surface area (Å²) in [4.78, 5) is 62.2. The highest BCUT2D eigenvalue weighted by Crippen LogP contribution is 2.48. The molecule has 1 aliphatic rings. The summed E-state index contributed by atoms with van der Waals surface area (Å²) in [5, 5.41) is 13.6. The molecule has 14 nitrogen and oxygen atoms in total. The van der Waals surface area contributed by atoms with Crippen LogP contribution < -0.4 is 31.3 Å². The minimum atomic E-state index is -4.65. The maximum absolute atomic E-state index is 13.4. The summed E-state index contributed by atoms with van der Waals surface area (Å²) in [5.74, 6) is -4.36. The molecule has 1 aromatic heterocycles. The number of hydrogen-bond acceptors (Lipinski definition) is 11. The molecule has 0 unspecified atom stereocenters. The molecule has 3 amide bonds. The summed E-state index contributed by atoms with van der Waals surface area (Å²) in [6.45, 7) is -2.08. The number of nitrogens with one attached hydrogen (secondary N) is 5. The molecule has 0 radical (unpaired) electrons. The van der Waals surface area contributed by atoms with Crippen LogP contribution in [0.1, 0.15) is 34.3 Å². The first kappa shape index (κ1) is 39.2. The molecule has 0 aliphatic heterocycles. The van der Waals surface area contributed by atoms with Gasteiger partial charge in [-0.05, 0) is 78.9 Å². The molecule has 5 rings (SSSR count). The topological polar surface area (TPSA) is 186 Å². The number of halogens is 5. The maximum Gasteiger partial charge on any atom is 0.422 e. The number of methoxy groups -OCH3 is 1. The van der Waals surface area contributed by atoms with Crippen LogP contribution >= 0.6 is 11.6 Å². The van der Waals surface area contributed by atoms with Crippen LogP contribution in [0, 0.1) is 5.82 Å². The van der Waals surface area contributed by atoms with Crippen molar-refractivity contribution in [2.24, 2.45) is 0 Å². The maximum atomic E-state index is 13.4. The van der Waals surface area contributed by atoms with Gasteiger partial charge in [0.05, 0.1) is 12.6 Å². The van der Waals surface area contributed by atoms with Crippen molar-refractivity contribution >= 4 is 52.9 Å². The summed E-state index contributed by atoms with van der Waals surface area (Å²) in [7, 11) is 1.08. The Kier molecular flexibility index (Phi) is 12.5. The van der Waals surface area contributed by atoms with Crippen molar-refractivity contribution in [3.63, 3.8) is 0 Å². The van der Waals surface area contributed by atoms with E-state index in [1.807, 2.05) is 12.1 Å². The molecule has 1 fully saturated rings. The first-order valence-electron chi connectivity index (χ1n) is 16.3. The Labute approximate surface area is 310 Å². The molecule has 1 aliphatic carbocycles.